The molecule has 2 amide bonds. The molecule has 7 nitrogen and oxygen atoms in total. The van der Waals surface area contributed by atoms with Gasteiger partial charge in [-0.1, -0.05) is 61.0 Å². The lowest BCUT2D eigenvalue weighted by atomic mass is 10.1. The first-order valence-electron chi connectivity index (χ1n) is 14.6. The zero-order valence-corrected chi connectivity index (χ0v) is 24.7. The van der Waals surface area contributed by atoms with E-state index < -0.39 is 0 Å². The minimum absolute atomic E-state index is 0.0139. The Hall–Kier alpha value is -4.13. The van der Waals surface area contributed by atoms with Crippen LogP contribution in [-0.2, 0) is 29.1 Å². The number of ether oxygens (including phenoxy) is 1. The molecule has 0 spiro atoms. The quantitative estimate of drug-likeness (QED) is 0.194. The predicted octanol–water partition coefficient (Wildman–Crippen LogP) is 6.00. The second kappa shape index (κ2) is 14.5. The van der Waals surface area contributed by atoms with E-state index in [1.54, 1.807) is 0 Å². The summed E-state index contributed by atoms with van der Waals surface area (Å²) in [5.74, 6) is 1.64. The summed E-state index contributed by atoms with van der Waals surface area (Å²) in [6.45, 7) is 9.56. The van der Waals surface area contributed by atoms with Crippen LogP contribution in [0.3, 0.4) is 0 Å². The number of hydrogen-bond donors (Lipinski definition) is 1. The Morgan fingerprint density at radius 3 is 2.49 bits per heavy atom. The van der Waals surface area contributed by atoms with Gasteiger partial charge in [0.25, 0.3) is 5.91 Å². The van der Waals surface area contributed by atoms with E-state index in [-0.39, 0.29) is 31.0 Å². The Bertz CT molecular complexity index is 1450. The van der Waals surface area contributed by atoms with Crippen molar-refractivity contribution >= 4 is 22.8 Å². The first kappa shape index (κ1) is 29.8. The molecule has 216 valence electrons. The van der Waals surface area contributed by atoms with Gasteiger partial charge in [-0.15, -0.1) is 0 Å². The number of unbranched alkanes of at least 4 members (excludes halogenated alkanes) is 2. The van der Waals surface area contributed by atoms with Crippen molar-refractivity contribution in [3.63, 3.8) is 0 Å². The number of para-hydroxylation sites is 2. The highest BCUT2D eigenvalue weighted by Gasteiger charge is 2.20. The van der Waals surface area contributed by atoms with E-state index >= 15 is 0 Å². The van der Waals surface area contributed by atoms with Crippen molar-refractivity contribution in [1.82, 2.24) is 19.8 Å². The number of aryl methyl sites for hydroxylation is 3. The molecule has 3 aromatic carbocycles. The molecule has 0 atom stereocenters. The maximum Gasteiger partial charge on any atom is 0.257 e. The molecule has 0 aliphatic rings. The number of imidazole rings is 1. The highest BCUT2D eigenvalue weighted by atomic mass is 16.5. The van der Waals surface area contributed by atoms with Gasteiger partial charge >= 0.3 is 0 Å². The maximum atomic E-state index is 13.5. The Morgan fingerprint density at radius 2 is 1.71 bits per heavy atom. The second-order valence-corrected chi connectivity index (χ2v) is 10.9. The van der Waals surface area contributed by atoms with Crippen LogP contribution in [-0.4, -0.2) is 45.5 Å². The van der Waals surface area contributed by atoms with E-state index in [0.717, 1.165) is 65.0 Å². The average molecular weight is 555 g/mol. The fraction of sp³-hybridized carbons (Fsp3) is 0.382. The molecule has 0 bridgehead atoms. The largest absolute Gasteiger partial charge is 0.483 e. The summed E-state index contributed by atoms with van der Waals surface area (Å²) >= 11 is 0. The van der Waals surface area contributed by atoms with Gasteiger partial charge in [0.2, 0.25) is 5.91 Å². The van der Waals surface area contributed by atoms with Gasteiger partial charge in [-0.05, 0) is 75.4 Å². The van der Waals surface area contributed by atoms with Crippen molar-refractivity contribution in [1.29, 1.82) is 0 Å². The number of benzene rings is 3. The first-order chi connectivity index (χ1) is 19.8. The zero-order chi connectivity index (χ0) is 29.2. The normalized spacial score (nSPS) is 11.1. The van der Waals surface area contributed by atoms with Gasteiger partial charge in [-0.25, -0.2) is 4.98 Å². The molecule has 1 aromatic heterocycles. The van der Waals surface area contributed by atoms with Gasteiger partial charge in [0, 0.05) is 25.6 Å². The number of nitrogens with one attached hydrogen (secondary N) is 1. The number of rotatable bonds is 14. The van der Waals surface area contributed by atoms with E-state index in [2.05, 4.69) is 35.9 Å². The summed E-state index contributed by atoms with van der Waals surface area (Å²) in [5, 5.41) is 2.95. The Labute approximate surface area is 243 Å². The smallest absolute Gasteiger partial charge is 0.257 e. The molecule has 0 aliphatic carbocycles. The molecule has 0 radical (unpaired) electrons. The third-order valence-electron chi connectivity index (χ3n) is 7.27. The average Bonchev–Trinajstić information content (AvgIpc) is 3.31. The topological polar surface area (TPSA) is 76.5 Å². The lowest BCUT2D eigenvalue weighted by Gasteiger charge is -2.27. The van der Waals surface area contributed by atoms with Crippen molar-refractivity contribution < 1.29 is 14.3 Å². The summed E-state index contributed by atoms with van der Waals surface area (Å²) in [5.41, 5.74) is 5.13. The highest BCUT2D eigenvalue weighted by Crippen LogP contribution is 2.20. The third-order valence-corrected chi connectivity index (χ3v) is 7.27. The molecule has 0 unspecified atom stereocenters. The number of carbonyl (C=O) groups excluding carboxylic acids is 2. The second-order valence-electron chi connectivity index (χ2n) is 10.9. The molecule has 0 saturated carbocycles. The van der Waals surface area contributed by atoms with Crippen LogP contribution in [0.1, 0.15) is 55.6 Å². The van der Waals surface area contributed by atoms with Crippen LogP contribution in [0.5, 0.6) is 5.75 Å². The third kappa shape index (κ3) is 8.43. The lowest BCUT2D eigenvalue weighted by Crippen LogP contribution is -2.38. The molecule has 4 rings (SSSR count). The molecular formula is C34H42N4O3. The summed E-state index contributed by atoms with van der Waals surface area (Å²) in [7, 11) is 0. The summed E-state index contributed by atoms with van der Waals surface area (Å²) in [6, 6.07) is 24.2. The number of amides is 2. The zero-order valence-electron chi connectivity index (χ0n) is 24.7. The molecule has 7 heteroatoms. The van der Waals surface area contributed by atoms with Crippen LogP contribution < -0.4 is 10.1 Å². The van der Waals surface area contributed by atoms with Crippen molar-refractivity contribution in [2.24, 2.45) is 0 Å². The van der Waals surface area contributed by atoms with E-state index in [4.69, 9.17) is 9.72 Å². The Morgan fingerprint density at radius 1 is 0.951 bits per heavy atom. The van der Waals surface area contributed by atoms with E-state index in [9.17, 15) is 9.59 Å². The van der Waals surface area contributed by atoms with Crippen molar-refractivity contribution in [3.05, 3.63) is 95.3 Å². The van der Waals surface area contributed by atoms with Crippen LogP contribution in [0.2, 0.25) is 0 Å². The number of nitrogens with zero attached hydrogens (tertiary/aromatic N) is 3. The molecule has 0 fully saturated rings. The number of fused-ring (bicyclic) bond motifs is 1. The minimum Gasteiger partial charge on any atom is -0.483 e. The van der Waals surface area contributed by atoms with E-state index in [0.29, 0.717) is 13.1 Å². The van der Waals surface area contributed by atoms with Crippen LogP contribution in [0, 0.1) is 13.8 Å². The monoisotopic (exact) mass is 554 g/mol. The van der Waals surface area contributed by atoms with Crippen molar-refractivity contribution in [2.45, 2.75) is 72.5 Å². The van der Waals surface area contributed by atoms with Gasteiger partial charge in [-0.2, -0.15) is 0 Å². The minimum atomic E-state index is -0.114. The van der Waals surface area contributed by atoms with Crippen LogP contribution >= 0.6 is 0 Å². The van der Waals surface area contributed by atoms with Gasteiger partial charge in [-0.3, -0.25) is 9.59 Å². The standard InChI is InChI=1S/C34H42N4O3/c1-25(2)37(22-28-13-7-5-8-14-28)34(40)23-38-30-16-11-10-15-29(30)36-32(38)17-9-6-12-20-35-33(39)24-41-31-21-26(3)18-19-27(31)4/h5,7-8,10-11,13-16,18-19,21,25H,6,9,12,17,20,22-24H2,1-4H3,(H,35,39). The van der Waals surface area contributed by atoms with Crippen molar-refractivity contribution in [3.8, 4) is 5.75 Å². The molecule has 41 heavy (non-hydrogen) atoms. The number of carbonyl (C=O) groups is 2. The van der Waals surface area contributed by atoms with Crippen LogP contribution in [0.15, 0.2) is 72.8 Å². The van der Waals surface area contributed by atoms with E-state index in [1.165, 1.54) is 0 Å². The van der Waals surface area contributed by atoms with E-state index in [1.807, 2.05) is 79.4 Å². The maximum absolute atomic E-state index is 13.5. The summed E-state index contributed by atoms with van der Waals surface area (Å²) in [4.78, 5) is 32.6. The number of aromatic nitrogens is 2. The highest BCUT2D eigenvalue weighted by molar-refractivity contribution is 5.81. The summed E-state index contributed by atoms with van der Waals surface area (Å²) in [6.07, 6.45) is 3.50. The molecule has 0 saturated heterocycles. The van der Waals surface area contributed by atoms with Crippen LogP contribution in [0.25, 0.3) is 11.0 Å². The van der Waals surface area contributed by atoms with Crippen LogP contribution in [0.4, 0.5) is 0 Å². The lowest BCUT2D eigenvalue weighted by molar-refractivity contribution is -0.134. The fourth-order valence-electron chi connectivity index (χ4n) is 4.93. The van der Waals surface area contributed by atoms with Gasteiger partial charge in [0.1, 0.15) is 18.1 Å². The summed E-state index contributed by atoms with van der Waals surface area (Å²) < 4.78 is 7.77. The molecule has 1 N–H and O–H groups in total. The Balaban J connectivity index is 1.28. The van der Waals surface area contributed by atoms with Gasteiger partial charge < -0.3 is 19.5 Å². The molecule has 0 aliphatic heterocycles. The van der Waals surface area contributed by atoms with Gasteiger partial charge in [0.15, 0.2) is 6.61 Å². The molecule has 1 heterocycles. The fourth-order valence-corrected chi connectivity index (χ4v) is 4.93. The van der Waals surface area contributed by atoms with Crippen molar-refractivity contribution in [2.75, 3.05) is 13.2 Å². The first-order valence-corrected chi connectivity index (χ1v) is 14.6. The number of hydrogen-bond acceptors (Lipinski definition) is 4. The molecular weight excluding hydrogens is 512 g/mol. The molecule has 4 aromatic rings. The Kier molecular flexibility index (Phi) is 10.5. The van der Waals surface area contributed by atoms with Gasteiger partial charge in [0.05, 0.1) is 11.0 Å². The SMILES string of the molecule is Cc1ccc(C)c(OCC(=O)NCCCCCc2nc3ccccc3n2CC(=O)N(Cc2ccccc2)C(C)C)c1. The predicted molar refractivity (Wildman–Crippen MR) is 164 cm³/mol.